The highest BCUT2D eigenvalue weighted by atomic mass is 79.9. The average Bonchev–Trinajstić information content (AvgIpc) is 2.68. The lowest BCUT2D eigenvalue weighted by Crippen LogP contribution is -2.01. The summed E-state index contributed by atoms with van der Waals surface area (Å²) in [4.78, 5) is 0. The highest BCUT2D eigenvalue weighted by Gasteiger charge is 2.12. The number of aliphatic hydroxyl groups is 1. The third-order valence-corrected chi connectivity index (χ3v) is 4.10. The SMILES string of the molecule is OC(Cc1ccc(F)cc1)c1cscc1Br. The van der Waals surface area contributed by atoms with Gasteiger partial charge in [0.2, 0.25) is 0 Å². The minimum absolute atomic E-state index is 0.255. The fourth-order valence-electron chi connectivity index (χ4n) is 1.48. The van der Waals surface area contributed by atoms with E-state index < -0.39 is 6.10 Å². The molecule has 1 atom stereocenters. The molecule has 0 amide bonds. The van der Waals surface area contributed by atoms with Crippen molar-refractivity contribution in [1.29, 1.82) is 0 Å². The molecule has 0 radical (unpaired) electrons. The van der Waals surface area contributed by atoms with Crippen molar-refractivity contribution in [2.45, 2.75) is 12.5 Å². The van der Waals surface area contributed by atoms with E-state index in [1.54, 1.807) is 23.5 Å². The Morgan fingerprint density at radius 2 is 1.94 bits per heavy atom. The Morgan fingerprint density at radius 1 is 1.25 bits per heavy atom. The fraction of sp³-hybridized carbons (Fsp3) is 0.167. The van der Waals surface area contributed by atoms with Crippen LogP contribution in [0.15, 0.2) is 39.5 Å². The van der Waals surface area contributed by atoms with E-state index in [1.807, 2.05) is 10.8 Å². The Hall–Kier alpha value is -0.710. The van der Waals surface area contributed by atoms with Gasteiger partial charge in [0.25, 0.3) is 0 Å². The third kappa shape index (κ3) is 2.70. The van der Waals surface area contributed by atoms with Gasteiger partial charge in [-0.1, -0.05) is 12.1 Å². The number of aliphatic hydroxyl groups excluding tert-OH is 1. The highest BCUT2D eigenvalue weighted by molar-refractivity contribution is 9.10. The molecule has 84 valence electrons. The third-order valence-electron chi connectivity index (χ3n) is 2.34. The molecule has 0 spiro atoms. The van der Waals surface area contributed by atoms with Crippen molar-refractivity contribution < 1.29 is 9.50 Å². The molecule has 16 heavy (non-hydrogen) atoms. The Bertz CT molecular complexity index is 466. The van der Waals surface area contributed by atoms with Crippen LogP contribution in [-0.2, 0) is 6.42 Å². The maximum Gasteiger partial charge on any atom is 0.123 e. The molecular formula is C12H10BrFOS. The van der Waals surface area contributed by atoms with Crippen molar-refractivity contribution in [3.8, 4) is 0 Å². The molecule has 1 aromatic carbocycles. The summed E-state index contributed by atoms with van der Waals surface area (Å²) >= 11 is 4.92. The average molecular weight is 301 g/mol. The lowest BCUT2D eigenvalue weighted by Gasteiger charge is -2.09. The summed E-state index contributed by atoms with van der Waals surface area (Å²) in [6.07, 6.45) is -0.0543. The first-order chi connectivity index (χ1) is 7.66. The minimum atomic E-state index is -0.550. The quantitative estimate of drug-likeness (QED) is 0.911. The Balaban J connectivity index is 2.10. The first-order valence-electron chi connectivity index (χ1n) is 4.81. The van der Waals surface area contributed by atoms with Crippen LogP contribution in [0.5, 0.6) is 0 Å². The van der Waals surface area contributed by atoms with E-state index in [4.69, 9.17) is 0 Å². The van der Waals surface area contributed by atoms with Gasteiger partial charge in [-0.15, -0.1) is 0 Å². The summed E-state index contributed by atoms with van der Waals surface area (Å²) in [7, 11) is 0. The monoisotopic (exact) mass is 300 g/mol. The molecule has 1 nitrogen and oxygen atoms in total. The Morgan fingerprint density at radius 3 is 2.50 bits per heavy atom. The van der Waals surface area contributed by atoms with Crippen LogP contribution in [0, 0.1) is 5.82 Å². The predicted octanol–water partition coefficient (Wildman–Crippen LogP) is 3.93. The number of benzene rings is 1. The van der Waals surface area contributed by atoms with Crippen LogP contribution in [0.25, 0.3) is 0 Å². The first-order valence-corrected chi connectivity index (χ1v) is 6.54. The summed E-state index contributed by atoms with van der Waals surface area (Å²) in [6, 6.07) is 6.20. The normalized spacial score (nSPS) is 12.7. The van der Waals surface area contributed by atoms with Gasteiger partial charge in [0.05, 0.1) is 6.10 Å². The number of hydrogen-bond acceptors (Lipinski definition) is 2. The number of thiophene rings is 1. The molecule has 0 aliphatic heterocycles. The minimum Gasteiger partial charge on any atom is -0.388 e. The molecule has 2 rings (SSSR count). The fourth-order valence-corrected chi connectivity index (χ4v) is 3.09. The van der Waals surface area contributed by atoms with Gasteiger partial charge in [0.15, 0.2) is 0 Å². The van der Waals surface area contributed by atoms with Gasteiger partial charge in [-0.25, -0.2) is 4.39 Å². The van der Waals surface area contributed by atoms with Crippen molar-refractivity contribution in [1.82, 2.24) is 0 Å². The maximum atomic E-state index is 12.7. The molecule has 4 heteroatoms. The van der Waals surface area contributed by atoms with Crippen molar-refractivity contribution in [3.63, 3.8) is 0 Å². The van der Waals surface area contributed by atoms with Gasteiger partial charge in [-0.2, -0.15) is 11.3 Å². The second-order valence-electron chi connectivity index (χ2n) is 3.52. The summed E-state index contributed by atoms with van der Waals surface area (Å²) in [5.74, 6) is -0.255. The maximum absolute atomic E-state index is 12.7. The lowest BCUT2D eigenvalue weighted by molar-refractivity contribution is 0.178. The Kier molecular flexibility index (Phi) is 3.74. The molecule has 1 aromatic heterocycles. The van der Waals surface area contributed by atoms with Crippen LogP contribution in [-0.4, -0.2) is 5.11 Å². The number of halogens is 2. The lowest BCUT2D eigenvalue weighted by atomic mass is 10.0. The van der Waals surface area contributed by atoms with Gasteiger partial charge in [0.1, 0.15) is 5.82 Å². The van der Waals surface area contributed by atoms with Crippen LogP contribution < -0.4 is 0 Å². The van der Waals surface area contributed by atoms with E-state index >= 15 is 0 Å². The smallest absolute Gasteiger partial charge is 0.123 e. The molecule has 0 bridgehead atoms. The van der Waals surface area contributed by atoms with Crippen molar-refractivity contribution >= 4 is 27.3 Å². The molecule has 1 N–H and O–H groups in total. The topological polar surface area (TPSA) is 20.2 Å². The van der Waals surface area contributed by atoms with E-state index in [1.165, 1.54) is 12.1 Å². The highest BCUT2D eigenvalue weighted by Crippen LogP contribution is 2.29. The van der Waals surface area contributed by atoms with Crippen molar-refractivity contribution in [2.24, 2.45) is 0 Å². The summed E-state index contributed by atoms with van der Waals surface area (Å²) in [5.41, 5.74) is 1.81. The van der Waals surface area contributed by atoms with E-state index in [0.29, 0.717) is 6.42 Å². The zero-order valence-corrected chi connectivity index (χ0v) is 10.8. The van der Waals surface area contributed by atoms with Gasteiger partial charge in [0, 0.05) is 21.8 Å². The van der Waals surface area contributed by atoms with Crippen LogP contribution in [0.2, 0.25) is 0 Å². The number of hydrogen-bond donors (Lipinski definition) is 1. The first kappa shape index (κ1) is 11.8. The van der Waals surface area contributed by atoms with E-state index in [0.717, 1.165) is 15.6 Å². The zero-order valence-electron chi connectivity index (χ0n) is 8.36. The van der Waals surface area contributed by atoms with Gasteiger partial charge < -0.3 is 5.11 Å². The van der Waals surface area contributed by atoms with Crippen LogP contribution >= 0.6 is 27.3 Å². The van der Waals surface area contributed by atoms with E-state index in [2.05, 4.69) is 15.9 Å². The number of rotatable bonds is 3. The van der Waals surface area contributed by atoms with Crippen LogP contribution in [0.3, 0.4) is 0 Å². The van der Waals surface area contributed by atoms with Crippen LogP contribution in [0.1, 0.15) is 17.2 Å². The molecule has 1 heterocycles. The molecule has 0 aliphatic carbocycles. The molecule has 0 saturated carbocycles. The van der Waals surface area contributed by atoms with Gasteiger partial charge >= 0.3 is 0 Å². The second kappa shape index (κ2) is 5.08. The van der Waals surface area contributed by atoms with Crippen molar-refractivity contribution in [2.75, 3.05) is 0 Å². The summed E-state index contributed by atoms with van der Waals surface area (Å²) in [6.45, 7) is 0. The van der Waals surface area contributed by atoms with E-state index in [9.17, 15) is 9.50 Å². The largest absolute Gasteiger partial charge is 0.388 e. The van der Waals surface area contributed by atoms with Crippen molar-refractivity contribution in [3.05, 3.63) is 56.4 Å². The summed E-state index contributed by atoms with van der Waals surface area (Å²) in [5, 5.41) is 13.8. The van der Waals surface area contributed by atoms with Crippen LogP contribution in [0.4, 0.5) is 4.39 Å². The standard InChI is InChI=1S/C12H10BrFOS/c13-11-7-16-6-10(11)12(15)5-8-1-3-9(14)4-2-8/h1-4,6-7,12,15H,5H2. The molecule has 0 fully saturated rings. The summed E-state index contributed by atoms with van der Waals surface area (Å²) < 4.78 is 13.6. The molecular weight excluding hydrogens is 291 g/mol. The molecule has 2 aromatic rings. The molecule has 0 saturated heterocycles. The predicted molar refractivity (Wildman–Crippen MR) is 67.1 cm³/mol. The molecule has 0 aliphatic rings. The second-order valence-corrected chi connectivity index (χ2v) is 5.12. The van der Waals surface area contributed by atoms with Gasteiger partial charge in [-0.05, 0) is 39.0 Å². The van der Waals surface area contributed by atoms with E-state index in [-0.39, 0.29) is 5.82 Å². The Labute approximate surface area is 106 Å². The van der Waals surface area contributed by atoms with Gasteiger partial charge in [-0.3, -0.25) is 0 Å². The zero-order chi connectivity index (χ0) is 11.5. The molecule has 1 unspecified atom stereocenters.